The van der Waals surface area contributed by atoms with Crippen LogP contribution in [0.4, 0.5) is 0 Å². The summed E-state index contributed by atoms with van der Waals surface area (Å²) in [6.07, 6.45) is 2.93. The fraction of sp³-hybridized carbons (Fsp3) is 0.258. The highest BCUT2D eigenvalue weighted by Crippen LogP contribution is 2.38. The van der Waals surface area contributed by atoms with Gasteiger partial charge in [0.25, 0.3) is 0 Å². The number of aromatic nitrogens is 1. The molecule has 5 aromatic rings. The van der Waals surface area contributed by atoms with Gasteiger partial charge in [-0.2, -0.15) is 0 Å². The van der Waals surface area contributed by atoms with Crippen LogP contribution in [0.1, 0.15) is 43.0 Å². The summed E-state index contributed by atoms with van der Waals surface area (Å²) >= 11 is 0. The first-order valence-corrected chi connectivity index (χ1v) is 11.7. The van der Waals surface area contributed by atoms with Gasteiger partial charge in [-0.15, -0.1) is 0 Å². The Balaban J connectivity index is 1.66. The third-order valence-electron chi connectivity index (χ3n) is 6.30. The van der Waals surface area contributed by atoms with Gasteiger partial charge in [-0.05, 0) is 90.8 Å². The minimum atomic E-state index is 0.229. The molecule has 0 bridgehead atoms. The fourth-order valence-electron chi connectivity index (χ4n) is 5.13. The summed E-state index contributed by atoms with van der Waals surface area (Å²) in [5.41, 5.74) is 11.7. The Labute approximate surface area is 196 Å². The van der Waals surface area contributed by atoms with Crippen LogP contribution in [0.15, 0.2) is 71.3 Å². The van der Waals surface area contributed by atoms with Crippen LogP contribution in [-0.2, 0) is 6.42 Å². The van der Waals surface area contributed by atoms with Gasteiger partial charge in [-0.25, -0.2) is 0 Å². The zero-order chi connectivity index (χ0) is 23.3. The molecule has 0 amide bonds. The second kappa shape index (κ2) is 7.88. The maximum Gasteiger partial charge on any atom is 0.144 e. The van der Waals surface area contributed by atoms with Gasteiger partial charge in [0.15, 0.2) is 0 Å². The Morgan fingerprint density at radius 1 is 0.818 bits per heavy atom. The number of rotatable bonds is 3. The quantitative estimate of drug-likeness (QED) is 0.284. The van der Waals surface area contributed by atoms with Gasteiger partial charge in [0.2, 0.25) is 0 Å². The van der Waals surface area contributed by atoms with Crippen molar-refractivity contribution in [2.45, 2.75) is 48.0 Å². The number of pyridine rings is 1. The maximum absolute atomic E-state index is 6.50. The average molecular weight is 434 g/mol. The van der Waals surface area contributed by atoms with E-state index < -0.39 is 0 Å². The van der Waals surface area contributed by atoms with Gasteiger partial charge in [-0.1, -0.05) is 56.7 Å². The molecular weight excluding hydrogens is 402 g/mol. The topological polar surface area (TPSA) is 26.0 Å². The third kappa shape index (κ3) is 4.06. The first kappa shape index (κ1) is 21.5. The van der Waals surface area contributed by atoms with Crippen LogP contribution < -0.4 is 0 Å². The van der Waals surface area contributed by atoms with Crippen LogP contribution in [0.2, 0.25) is 0 Å². The van der Waals surface area contributed by atoms with Crippen molar-refractivity contribution in [3.05, 3.63) is 89.1 Å². The van der Waals surface area contributed by atoms with Gasteiger partial charge in [0, 0.05) is 22.5 Å². The summed E-state index contributed by atoms with van der Waals surface area (Å²) < 4.78 is 6.50. The second-order valence-corrected chi connectivity index (χ2v) is 10.6. The van der Waals surface area contributed by atoms with Crippen molar-refractivity contribution in [2.75, 3.05) is 0 Å². The molecule has 0 aliphatic heterocycles. The van der Waals surface area contributed by atoms with E-state index in [1.54, 1.807) is 0 Å². The Morgan fingerprint density at radius 3 is 2.30 bits per heavy atom. The minimum Gasteiger partial charge on any atom is -0.455 e. The van der Waals surface area contributed by atoms with Crippen LogP contribution in [0, 0.1) is 26.2 Å². The molecule has 3 aromatic carbocycles. The summed E-state index contributed by atoms with van der Waals surface area (Å²) in [4.78, 5) is 4.70. The van der Waals surface area contributed by atoms with Crippen molar-refractivity contribution in [1.29, 1.82) is 0 Å². The van der Waals surface area contributed by atoms with Crippen molar-refractivity contribution in [1.82, 2.24) is 4.98 Å². The average Bonchev–Trinajstić information content (AvgIpc) is 3.10. The van der Waals surface area contributed by atoms with Gasteiger partial charge >= 0.3 is 0 Å². The van der Waals surface area contributed by atoms with Gasteiger partial charge in [0.05, 0.1) is 5.69 Å². The molecule has 2 nitrogen and oxygen atoms in total. The molecule has 0 saturated heterocycles. The SMILES string of the molecule is Cc1cc(C)c(-c2ccc3c(c2)oc2c(-c4cc(CC(C)(C)C)ccn4)cccc23)c(C)c1. The lowest BCUT2D eigenvalue weighted by Crippen LogP contribution is -2.09. The highest BCUT2D eigenvalue weighted by molar-refractivity contribution is 6.10. The fourth-order valence-corrected chi connectivity index (χ4v) is 5.13. The van der Waals surface area contributed by atoms with Crippen molar-refractivity contribution in [3.63, 3.8) is 0 Å². The molecule has 5 rings (SSSR count). The molecule has 0 aliphatic rings. The predicted octanol–water partition coefficient (Wildman–Crippen LogP) is 8.83. The number of nitrogens with zero attached hydrogens (tertiary/aromatic N) is 1. The summed E-state index contributed by atoms with van der Waals surface area (Å²) in [5, 5.41) is 2.28. The summed E-state index contributed by atoms with van der Waals surface area (Å²) in [7, 11) is 0. The minimum absolute atomic E-state index is 0.229. The number of benzene rings is 3. The molecule has 0 saturated carbocycles. The Kier molecular flexibility index (Phi) is 5.12. The Bertz CT molecular complexity index is 1470. The zero-order valence-electron chi connectivity index (χ0n) is 20.4. The van der Waals surface area contributed by atoms with Crippen LogP contribution in [0.25, 0.3) is 44.3 Å². The molecule has 0 fully saturated rings. The number of fused-ring (bicyclic) bond motifs is 3. The molecule has 0 radical (unpaired) electrons. The van der Waals surface area contributed by atoms with E-state index in [9.17, 15) is 0 Å². The van der Waals surface area contributed by atoms with E-state index in [0.29, 0.717) is 0 Å². The number of hydrogen-bond donors (Lipinski definition) is 0. The molecule has 0 atom stereocenters. The summed E-state index contributed by atoms with van der Waals surface area (Å²) in [5.74, 6) is 0. The molecule has 2 heteroatoms. The van der Waals surface area contributed by atoms with Crippen LogP contribution in [0.5, 0.6) is 0 Å². The highest BCUT2D eigenvalue weighted by atomic mass is 16.3. The van der Waals surface area contributed by atoms with E-state index in [-0.39, 0.29) is 5.41 Å². The van der Waals surface area contributed by atoms with Gasteiger partial charge in [-0.3, -0.25) is 4.98 Å². The van der Waals surface area contributed by atoms with E-state index in [4.69, 9.17) is 9.40 Å². The maximum atomic E-state index is 6.50. The molecule has 0 spiro atoms. The van der Waals surface area contributed by atoms with Crippen molar-refractivity contribution in [3.8, 4) is 22.4 Å². The molecule has 0 aliphatic carbocycles. The van der Waals surface area contributed by atoms with Crippen molar-refractivity contribution < 1.29 is 4.42 Å². The van der Waals surface area contributed by atoms with Crippen LogP contribution in [0.3, 0.4) is 0 Å². The largest absolute Gasteiger partial charge is 0.455 e. The molecule has 0 unspecified atom stereocenters. The van der Waals surface area contributed by atoms with E-state index >= 15 is 0 Å². The first-order chi connectivity index (χ1) is 15.7. The molecule has 0 N–H and O–H groups in total. The van der Waals surface area contributed by atoms with E-state index in [1.807, 2.05) is 6.20 Å². The number of furan rings is 1. The standard InChI is InChI=1S/C31H31NO/c1-19-14-20(2)29(21(3)15-19)23-10-11-24-25-8-7-9-26(30(25)33-28(24)17-23)27-16-22(12-13-32-27)18-31(4,5)6/h7-17H,18H2,1-6H3. The first-order valence-electron chi connectivity index (χ1n) is 11.7. The van der Waals surface area contributed by atoms with Crippen LogP contribution >= 0.6 is 0 Å². The normalized spacial score (nSPS) is 12.1. The van der Waals surface area contributed by atoms with Gasteiger partial charge < -0.3 is 4.42 Å². The smallest absolute Gasteiger partial charge is 0.144 e. The van der Waals surface area contributed by atoms with Crippen molar-refractivity contribution in [2.24, 2.45) is 5.41 Å². The lowest BCUT2D eigenvalue weighted by molar-refractivity contribution is 0.411. The van der Waals surface area contributed by atoms with Crippen molar-refractivity contribution >= 4 is 21.9 Å². The number of aryl methyl sites for hydroxylation is 3. The zero-order valence-corrected chi connectivity index (χ0v) is 20.4. The Morgan fingerprint density at radius 2 is 1.58 bits per heavy atom. The second-order valence-electron chi connectivity index (χ2n) is 10.6. The summed E-state index contributed by atoms with van der Waals surface area (Å²) in [6, 6.07) is 21.8. The number of para-hydroxylation sites is 1. The molecule has 166 valence electrons. The Hall–Kier alpha value is -3.39. The highest BCUT2D eigenvalue weighted by Gasteiger charge is 2.16. The lowest BCUT2D eigenvalue weighted by atomic mass is 9.88. The molecular formula is C31H31NO. The molecule has 2 heterocycles. The van der Waals surface area contributed by atoms with E-state index in [2.05, 4.69) is 102 Å². The molecule has 33 heavy (non-hydrogen) atoms. The number of hydrogen-bond acceptors (Lipinski definition) is 2. The van der Waals surface area contributed by atoms with E-state index in [1.165, 1.54) is 33.4 Å². The monoisotopic (exact) mass is 433 g/mol. The van der Waals surface area contributed by atoms with Crippen LogP contribution in [-0.4, -0.2) is 4.98 Å². The summed E-state index contributed by atoms with van der Waals surface area (Å²) in [6.45, 7) is 13.3. The van der Waals surface area contributed by atoms with E-state index in [0.717, 1.165) is 39.6 Å². The third-order valence-corrected chi connectivity index (χ3v) is 6.30. The lowest BCUT2D eigenvalue weighted by Gasteiger charge is -2.18. The predicted molar refractivity (Wildman–Crippen MR) is 140 cm³/mol. The van der Waals surface area contributed by atoms with Gasteiger partial charge in [0.1, 0.15) is 11.2 Å². The molecule has 2 aromatic heterocycles.